The third kappa shape index (κ3) is 4.60. The fourth-order valence-electron chi connectivity index (χ4n) is 3.36. The number of pyridine rings is 1. The van der Waals surface area contributed by atoms with Gasteiger partial charge in [-0.05, 0) is 42.2 Å². The Morgan fingerprint density at radius 2 is 1.45 bits per heavy atom. The molecule has 0 aliphatic rings. The summed E-state index contributed by atoms with van der Waals surface area (Å²) in [6.45, 7) is 8.81. The molecule has 0 radical (unpaired) electrons. The predicted molar refractivity (Wildman–Crippen MR) is 128 cm³/mol. The average molecular weight is 403 g/mol. The molecule has 0 aliphatic heterocycles. The van der Waals surface area contributed by atoms with Crippen LogP contribution < -0.4 is 5.32 Å². The monoisotopic (exact) mass is 402 g/mol. The van der Waals surface area contributed by atoms with Gasteiger partial charge >= 0.3 is 0 Å². The third-order valence-electron chi connectivity index (χ3n) is 5.09. The SMILES string of the molecule is Cc1ccc(Nc2cc(-c3ccc(C(C)(C)C)cc3)nc3ccccc23)cc1.Cl. The molecule has 4 aromatic rings. The van der Waals surface area contributed by atoms with E-state index in [9.17, 15) is 0 Å². The molecule has 29 heavy (non-hydrogen) atoms. The minimum absolute atomic E-state index is 0. The van der Waals surface area contributed by atoms with E-state index in [0.29, 0.717) is 0 Å². The van der Waals surface area contributed by atoms with Gasteiger partial charge in [-0.25, -0.2) is 4.98 Å². The Morgan fingerprint density at radius 3 is 2.10 bits per heavy atom. The lowest BCUT2D eigenvalue weighted by Crippen LogP contribution is -2.10. The maximum Gasteiger partial charge on any atom is 0.0730 e. The maximum atomic E-state index is 4.91. The summed E-state index contributed by atoms with van der Waals surface area (Å²) in [7, 11) is 0. The summed E-state index contributed by atoms with van der Waals surface area (Å²) in [6, 6.07) is 27.7. The van der Waals surface area contributed by atoms with Crippen LogP contribution in [0.15, 0.2) is 78.9 Å². The topological polar surface area (TPSA) is 24.9 Å². The van der Waals surface area contributed by atoms with Crippen molar-refractivity contribution in [3.63, 3.8) is 0 Å². The van der Waals surface area contributed by atoms with Crippen molar-refractivity contribution in [1.82, 2.24) is 4.98 Å². The molecule has 0 unspecified atom stereocenters. The van der Waals surface area contributed by atoms with Crippen LogP contribution in [0.3, 0.4) is 0 Å². The minimum Gasteiger partial charge on any atom is -0.355 e. The summed E-state index contributed by atoms with van der Waals surface area (Å²) in [5.74, 6) is 0. The molecule has 0 bridgehead atoms. The molecule has 2 nitrogen and oxygen atoms in total. The molecule has 3 aromatic carbocycles. The molecule has 0 amide bonds. The van der Waals surface area contributed by atoms with Gasteiger partial charge in [-0.15, -0.1) is 12.4 Å². The zero-order valence-electron chi connectivity index (χ0n) is 17.4. The molecule has 0 saturated heterocycles. The number of benzene rings is 3. The minimum atomic E-state index is 0. The molecular formula is C26H27ClN2. The number of halogens is 1. The van der Waals surface area contributed by atoms with Crippen molar-refractivity contribution >= 4 is 34.7 Å². The Hall–Kier alpha value is -2.84. The summed E-state index contributed by atoms with van der Waals surface area (Å²) in [6.07, 6.45) is 0. The number of nitrogens with zero attached hydrogens (tertiary/aromatic N) is 1. The molecule has 3 heteroatoms. The van der Waals surface area contributed by atoms with E-state index in [1.54, 1.807) is 0 Å². The van der Waals surface area contributed by atoms with E-state index in [2.05, 4.69) is 106 Å². The van der Waals surface area contributed by atoms with Crippen molar-refractivity contribution in [3.05, 3.63) is 90.0 Å². The van der Waals surface area contributed by atoms with Crippen molar-refractivity contribution in [3.8, 4) is 11.3 Å². The standard InChI is InChI=1S/C26H26N2.ClH/c1-18-9-15-21(16-10-18)27-25-17-24(28-23-8-6-5-7-22(23)25)19-11-13-20(14-12-19)26(2,3)4;/h5-17H,1-4H3,(H,27,28);1H. The first kappa shape index (κ1) is 20.9. The van der Waals surface area contributed by atoms with Crippen LogP contribution in [-0.4, -0.2) is 4.98 Å². The quantitative estimate of drug-likeness (QED) is 0.380. The Balaban J connectivity index is 0.00000240. The van der Waals surface area contributed by atoms with Crippen LogP contribution in [0.4, 0.5) is 11.4 Å². The Morgan fingerprint density at radius 1 is 0.793 bits per heavy atom. The van der Waals surface area contributed by atoms with Gasteiger partial charge in [-0.1, -0.05) is 80.9 Å². The molecule has 1 N–H and O–H groups in total. The highest BCUT2D eigenvalue weighted by molar-refractivity contribution is 5.95. The lowest BCUT2D eigenvalue weighted by Gasteiger charge is -2.19. The van der Waals surface area contributed by atoms with E-state index in [1.807, 2.05) is 6.07 Å². The first-order chi connectivity index (χ1) is 13.4. The number of nitrogens with one attached hydrogen (secondary N) is 1. The van der Waals surface area contributed by atoms with Gasteiger partial charge in [0.05, 0.1) is 16.9 Å². The van der Waals surface area contributed by atoms with Crippen molar-refractivity contribution in [1.29, 1.82) is 0 Å². The number of anilines is 2. The van der Waals surface area contributed by atoms with Crippen LogP contribution in [0.2, 0.25) is 0 Å². The number of aryl methyl sites for hydroxylation is 1. The van der Waals surface area contributed by atoms with Gasteiger partial charge in [0.1, 0.15) is 0 Å². The number of fused-ring (bicyclic) bond motifs is 1. The molecule has 0 saturated carbocycles. The van der Waals surface area contributed by atoms with Gasteiger partial charge in [0, 0.05) is 16.6 Å². The van der Waals surface area contributed by atoms with Crippen LogP contribution in [0.5, 0.6) is 0 Å². The first-order valence-corrected chi connectivity index (χ1v) is 9.74. The van der Waals surface area contributed by atoms with Crippen LogP contribution >= 0.6 is 12.4 Å². The van der Waals surface area contributed by atoms with E-state index in [4.69, 9.17) is 4.98 Å². The Kier molecular flexibility index (Phi) is 5.95. The third-order valence-corrected chi connectivity index (χ3v) is 5.09. The zero-order valence-corrected chi connectivity index (χ0v) is 18.2. The largest absolute Gasteiger partial charge is 0.355 e. The van der Waals surface area contributed by atoms with Crippen LogP contribution in [-0.2, 0) is 5.41 Å². The summed E-state index contributed by atoms with van der Waals surface area (Å²) in [5.41, 5.74) is 7.99. The van der Waals surface area contributed by atoms with E-state index in [0.717, 1.165) is 33.5 Å². The van der Waals surface area contributed by atoms with Gasteiger partial charge in [0.15, 0.2) is 0 Å². The van der Waals surface area contributed by atoms with Gasteiger partial charge in [0.2, 0.25) is 0 Å². The van der Waals surface area contributed by atoms with Crippen molar-refractivity contribution in [2.75, 3.05) is 5.32 Å². The lowest BCUT2D eigenvalue weighted by atomic mass is 9.86. The number of para-hydroxylation sites is 1. The highest BCUT2D eigenvalue weighted by Crippen LogP contribution is 2.31. The highest BCUT2D eigenvalue weighted by Gasteiger charge is 2.14. The van der Waals surface area contributed by atoms with E-state index < -0.39 is 0 Å². The second-order valence-corrected chi connectivity index (χ2v) is 8.39. The van der Waals surface area contributed by atoms with E-state index in [1.165, 1.54) is 11.1 Å². The molecule has 0 aliphatic carbocycles. The highest BCUT2D eigenvalue weighted by atomic mass is 35.5. The summed E-state index contributed by atoms with van der Waals surface area (Å²) in [5, 5.41) is 4.70. The molecule has 1 heterocycles. The van der Waals surface area contributed by atoms with Gasteiger partial charge in [-0.2, -0.15) is 0 Å². The zero-order chi connectivity index (χ0) is 19.7. The van der Waals surface area contributed by atoms with Crippen molar-refractivity contribution < 1.29 is 0 Å². The molecule has 0 fully saturated rings. The van der Waals surface area contributed by atoms with Gasteiger partial charge in [0.25, 0.3) is 0 Å². The van der Waals surface area contributed by atoms with E-state index >= 15 is 0 Å². The van der Waals surface area contributed by atoms with Gasteiger partial charge in [-0.3, -0.25) is 0 Å². The van der Waals surface area contributed by atoms with Crippen LogP contribution in [0, 0.1) is 6.92 Å². The van der Waals surface area contributed by atoms with E-state index in [-0.39, 0.29) is 17.8 Å². The molecule has 148 valence electrons. The average Bonchev–Trinajstić information content (AvgIpc) is 2.69. The summed E-state index contributed by atoms with van der Waals surface area (Å²) >= 11 is 0. The fraction of sp³-hybridized carbons (Fsp3) is 0.192. The number of hydrogen-bond donors (Lipinski definition) is 1. The number of rotatable bonds is 3. The van der Waals surface area contributed by atoms with Crippen LogP contribution in [0.1, 0.15) is 31.9 Å². The molecule has 0 spiro atoms. The summed E-state index contributed by atoms with van der Waals surface area (Å²) in [4.78, 5) is 4.91. The normalized spacial score (nSPS) is 11.2. The second kappa shape index (κ2) is 8.26. The summed E-state index contributed by atoms with van der Waals surface area (Å²) < 4.78 is 0. The van der Waals surface area contributed by atoms with Crippen molar-refractivity contribution in [2.45, 2.75) is 33.1 Å². The molecular weight excluding hydrogens is 376 g/mol. The lowest BCUT2D eigenvalue weighted by molar-refractivity contribution is 0.590. The number of aromatic nitrogens is 1. The first-order valence-electron chi connectivity index (χ1n) is 9.74. The maximum absolute atomic E-state index is 4.91. The van der Waals surface area contributed by atoms with Crippen molar-refractivity contribution in [2.24, 2.45) is 0 Å². The molecule has 4 rings (SSSR count). The van der Waals surface area contributed by atoms with Gasteiger partial charge < -0.3 is 5.32 Å². The molecule has 0 atom stereocenters. The Labute approximate surface area is 179 Å². The smallest absolute Gasteiger partial charge is 0.0730 e. The molecule has 1 aromatic heterocycles. The fourth-order valence-corrected chi connectivity index (χ4v) is 3.36. The van der Waals surface area contributed by atoms with Crippen LogP contribution in [0.25, 0.3) is 22.2 Å². The second-order valence-electron chi connectivity index (χ2n) is 8.39. The predicted octanol–water partition coefficient (Wildman–Crippen LogP) is 7.67. The Bertz CT molecular complexity index is 1110. The number of hydrogen-bond acceptors (Lipinski definition) is 2.